The molecule has 7 rings (SSSR count). The number of rotatable bonds is 16. The summed E-state index contributed by atoms with van der Waals surface area (Å²) in [6, 6.07) is 18.8. The van der Waals surface area contributed by atoms with E-state index in [2.05, 4.69) is 26.6 Å². The summed E-state index contributed by atoms with van der Waals surface area (Å²) in [5.41, 5.74) is -2.99. The molecule has 1 aliphatic heterocycles. The van der Waals surface area contributed by atoms with Crippen LogP contribution in [0.25, 0.3) is 16.8 Å². The number of hydrogen-bond acceptors (Lipinski definition) is 10. The van der Waals surface area contributed by atoms with Gasteiger partial charge in [-0.1, -0.05) is 79.2 Å². The van der Waals surface area contributed by atoms with Gasteiger partial charge in [-0.15, -0.1) is 0 Å². The molecule has 22 heteroatoms. The third-order valence-corrected chi connectivity index (χ3v) is 11.4. The maximum absolute atomic E-state index is 15.5. The lowest BCUT2D eigenvalue weighted by Crippen LogP contribution is -2.49. The van der Waals surface area contributed by atoms with Crippen LogP contribution in [0.5, 0.6) is 0 Å². The molecule has 1 N–H and O–H groups in total. The Hall–Kier alpha value is -6.82. The molecule has 1 saturated carbocycles. The molecule has 5 aromatic rings. The molecular formula is C43H37ClF7N9O5. The summed E-state index contributed by atoms with van der Waals surface area (Å²) < 4.78 is 109. The molecule has 0 saturated heterocycles. The highest BCUT2D eigenvalue weighted by Crippen LogP contribution is 2.60. The molecule has 3 heterocycles. The van der Waals surface area contributed by atoms with E-state index in [1.54, 1.807) is 37.3 Å². The number of aliphatic imine (C=N–C) groups is 1. The minimum atomic E-state index is -4.72. The molecule has 1 fully saturated rings. The van der Waals surface area contributed by atoms with Crippen molar-refractivity contribution in [1.29, 1.82) is 5.26 Å². The largest absolute Gasteiger partial charge is 0.463 e. The Labute approximate surface area is 370 Å². The lowest BCUT2D eigenvalue weighted by molar-refractivity contribution is -0.195. The van der Waals surface area contributed by atoms with Crippen LogP contribution in [0.3, 0.4) is 0 Å². The third-order valence-electron chi connectivity index (χ3n) is 11.1. The number of halogens is 8. The highest BCUT2D eigenvalue weighted by molar-refractivity contribution is 6.32. The van der Waals surface area contributed by atoms with E-state index in [0.717, 1.165) is 22.1 Å². The van der Waals surface area contributed by atoms with E-state index in [9.17, 15) is 45.6 Å². The Morgan fingerprint density at radius 2 is 1.71 bits per heavy atom. The van der Waals surface area contributed by atoms with E-state index < -0.39 is 84.8 Å². The standard InChI is InChI=1S/C43H37ClF7N9O5/c1-25(13-16-52)18-42(30-10-7-27(8-11-30)29-20-54-58(21-29)38(47)48)37(62)59(39(57-42)56-40(63)65-22-26-5-3-2-4-6-26)33(23-64-34(61)19-41(14-15-41)43(49,50)51)28-9-12-31(44)32(17-28)60-36(35(45)46)53-24-55-60/h2-12,17,20-21,24-25,33,35,38H,13-15,18-19,22-23H2,1H3,(H,56,57,63)/t25?,33-,42-/m1/s1. The van der Waals surface area contributed by atoms with Gasteiger partial charge in [0.15, 0.2) is 11.4 Å². The maximum Gasteiger partial charge on any atom is 0.414 e. The molecule has 0 radical (unpaired) electrons. The van der Waals surface area contributed by atoms with E-state index in [1.807, 2.05) is 0 Å². The molecule has 3 atom stereocenters. The number of nitrogens with one attached hydrogen (secondary N) is 1. The predicted octanol–water partition coefficient (Wildman–Crippen LogP) is 9.39. The zero-order valence-corrected chi connectivity index (χ0v) is 34.8. The fourth-order valence-corrected chi connectivity index (χ4v) is 7.72. The van der Waals surface area contributed by atoms with Gasteiger partial charge in [-0.2, -0.15) is 37.4 Å². The number of aromatic nitrogens is 5. The summed E-state index contributed by atoms with van der Waals surface area (Å²) in [6.45, 7) is -2.35. The molecule has 2 amide bonds. The highest BCUT2D eigenvalue weighted by atomic mass is 35.5. The second-order valence-electron chi connectivity index (χ2n) is 15.6. The first-order chi connectivity index (χ1) is 30.9. The van der Waals surface area contributed by atoms with Gasteiger partial charge in [0.1, 0.15) is 19.5 Å². The normalized spacial score (nSPS) is 17.7. The van der Waals surface area contributed by atoms with Crippen molar-refractivity contribution in [1.82, 2.24) is 34.8 Å². The molecule has 1 aliphatic carbocycles. The van der Waals surface area contributed by atoms with Gasteiger partial charge in [0.25, 0.3) is 12.3 Å². The Bertz CT molecular complexity index is 2610. The van der Waals surface area contributed by atoms with Crippen molar-refractivity contribution in [3.05, 3.63) is 119 Å². The Morgan fingerprint density at radius 3 is 2.34 bits per heavy atom. The van der Waals surface area contributed by atoms with Crippen LogP contribution in [-0.4, -0.2) is 66.2 Å². The number of alkyl carbamates (subject to hydrolysis) is 1. The number of hydrogen-bond donors (Lipinski definition) is 1. The Morgan fingerprint density at radius 1 is 0.985 bits per heavy atom. The number of carbonyl (C=O) groups excluding carboxylic acids is 3. The van der Waals surface area contributed by atoms with Crippen molar-refractivity contribution >= 4 is 35.5 Å². The van der Waals surface area contributed by atoms with Crippen molar-refractivity contribution in [2.24, 2.45) is 16.3 Å². The average molecular weight is 928 g/mol. The Balaban J connectivity index is 1.35. The highest BCUT2D eigenvalue weighted by Gasteiger charge is 2.64. The number of amides is 2. The van der Waals surface area contributed by atoms with Crippen LogP contribution in [0, 0.1) is 22.7 Å². The van der Waals surface area contributed by atoms with Crippen molar-refractivity contribution in [2.75, 3.05) is 6.61 Å². The monoisotopic (exact) mass is 927 g/mol. The number of guanidine groups is 1. The molecule has 3 aromatic carbocycles. The first-order valence-electron chi connectivity index (χ1n) is 19.9. The molecule has 340 valence electrons. The molecule has 0 bridgehead atoms. The molecule has 0 spiro atoms. The number of benzene rings is 3. The number of ether oxygens (including phenoxy) is 2. The minimum absolute atomic E-state index is 0.00219. The summed E-state index contributed by atoms with van der Waals surface area (Å²) in [5, 5.41) is 19.6. The summed E-state index contributed by atoms with van der Waals surface area (Å²) in [4.78, 5) is 51.8. The van der Waals surface area contributed by atoms with Crippen molar-refractivity contribution in [3.8, 4) is 22.9 Å². The molecule has 65 heavy (non-hydrogen) atoms. The van der Waals surface area contributed by atoms with Crippen LogP contribution in [-0.2, 0) is 31.2 Å². The summed E-state index contributed by atoms with van der Waals surface area (Å²) in [6.07, 6.45) is -7.72. The molecule has 2 aliphatic rings. The fraction of sp³-hybridized carbons (Fsp3) is 0.349. The van der Waals surface area contributed by atoms with E-state index in [1.165, 1.54) is 48.7 Å². The minimum Gasteiger partial charge on any atom is -0.463 e. The number of esters is 1. The van der Waals surface area contributed by atoms with E-state index in [-0.39, 0.29) is 54.1 Å². The molecule has 14 nitrogen and oxygen atoms in total. The molecule has 1 unspecified atom stereocenters. The number of carbonyl (C=O) groups is 3. The van der Waals surface area contributed by atoms with E-state index in [4.69, 9.17) is 26.1 Å². The average Bonchev–Trinajstić information content (AvgIpc) is 3.55. The van der Waals surface area contributed by atoms with Crippen LogP contribution in [0.2, 0.25) is 5.02 Å². The lowest BCUT2D eigenvalue weighted by Gasteiger charge is -2.33. The summed E-state index contributed by atoms with van der Waals surface area (Å²) >= 11 is 6.50. The van der Waals surface area contributed by atoms with E-state index >= 15 is 4.79 Å². The van der Waals surface area contributed by atoms with Gasteiger partial charge in [0.05, 0.1) is 40.9 Å². The lowest BCUT2D eigenvalue weighted by atomic mass is 9.80. The maximum atomic E-state index is 15.5. The van der Waals surface area contributed by atoms with Gasteiger partial charge >= 0.3 is 24.8 Å². The van der Waals surface area contributed by atoms with Crippen LogP contribution in [0.4, 0.5) is 35.5 Å². The summed E-state index contributed by atoms with van der Waals surface area (Å²) in [7, 11) is 0. The second-order valence-corrected chi connectivity index (χ2v) is 16.0. The predicted molar refractivity (Wildman–Crippen MR) is 216 cm³/mol. The van der Waals surface area contributed by atoms with Crippen molar-refractivity contribution < 1.29 is 54.6 Å². The number of nitrogens with zero attached hydrogens (tertiary/aromatic N) is 8. The quantitative estimate of drug-likeness (QED) is 0.0748. The van der Waals surface area contributed by atoms with Crippen LogP contribution in [0.1, 0.15) is 80.6 Å². The van der Waals surface area contributed by atoms with Gasteiger partial charge in [-0.3, -0.25) is 19.8 Å². The summed E-state index contributed by atoms with van der Waals surface area (Å²) in [5.74, 6) is -4.03. The van der Waals surface area contributed by atoms with Crippen LogP contribution >= 0.6 is 11.6 Å². The SMILES string of the molecule is CC(CC#N)C[C@]1(c2ccc(-c3cnn(C(F)F)c3)cc2)N=C(NC(=O)OCc2ccccc2)N([C@H](COC(=O)CC2(C(F)(F)F)CC2)c2ccc(Cl)c(-n3ncnc3C(F)F)c2)C1=O. The third kappa shape index (κ3) is 9.82. The van der Waals surface area contributed by atoms with Gasteiger partial charge in [0.2, 0.25) is 5.96 Å². The first kappa shape index (κ1) is 46.2. The first-order valence-corrected chi connectivity index (χ1v) is 20.2. The van der Waals surface area contributed by atoms with Gasteiger partial charge in [0, 0.05) is 18.2 Å². The van der Waals surface area contributed by atoms with Crippen molar-refractivity contribution in [2.45, 2.75) is 76.4 Å². The molecule has 2 aromatic heterocycles. The number of alkyl halides is 7. The van der Waals surface area contributed by atoms with Crippen LogP contribution < -0.4 is 5.32 Å². The fourth-order valence-electron chi connectivity index (χ4n) is 7.52. The zero-order chi connectivity index (χ0) is 46.7. The topological polar surface area (TPSA) is 170 Å². The van der Waals surface area contributed by atoms with Gasteiger partial charge < -0.3 is 9.47 Å². The van der Waals surface area contributed by atoms with Crippen LogP contribution in [0.15, 0.2) is 96.5 Å². The van der Waals surface area contributed by atoms with E-state index in [0.29, 0.717) is 21.4 Å². The smallest absolute Gasteiger partial charge is 0.414 e. The number of nitriles is 1. The van der Waals surface area contributed by atoms with Gasteiger partial charge in [-0.25, -0.2) is 32.9 Å². The van der Waals surface area contributed by atoms with Crippen molar-refractivity contribution in [3.63, 3.8) is 0 Å². The van der Waals surface area contributed by atoms with Gasteiger partial charge in [-0.05, 0) is 59.6 Å². The Kier molecular flexibility index (Phi) is 13.3. The second kappa shape index (κ2) is 18.7. The molecular weight excluding hydrogens is 891 g/mol. The zero-order valence-electron chi connectivity index (χ0n) is 34.1.